The molecule has 9 nitrogen and oxygen atoms in total. The fraction of sp³-hybridized carbons (Fsp3) is 0.594. The minimum atomic E-state index is -0.287. The van der Waals surface area contributed by atoms with Crippen LogP contribution in [-0.2, 0) is 14.3 Å². The fourth-order valence-electron chi connectivity index (χ4n) is 6.42. The third-order valence-electron chi connectivity index (χ3n) is 8.97. The molecule has 1 aliphatic heterocycles. The predicted molar refractivity (Wildman–Crippen MR) is 158 cm³/mol. The summed E-state index contributed by atoms with van der Waals surface area (Å²) in [5, 5.41) is 9.72. The van der Waals surface area contributed by atoms with Gasteiger partial charge >= 0.3 is 5.97 Å². The molecule has 1 saturated heterocycles. The van der Waals surface area contributed by atoms with Gasteiger partial charge in [-0.1, -0.05) is 18.2 Å². The molecule has 0 radical (unpaired) electrons. The number of piperazine rings is 1. The van der Waals surface area contributed by atoms with E-state index in [4.69, 9.17) is 9.47 Å². The van der Waals surface area contributed by atoms with Gasteiger partial charge in [0.05, 0.1) is 24.8 Å². The van der Waals surface area contributed by atoms with E-state index in [2.05, 4.69) is 20.9 Å². The van der Waals surface area contributed by atoms with Crippen LogP contribution in [0.2, 0.25) is 0 Å². The molecule has 1 amide bonds. The number of para-hydroxylation sites is 2. The number of nitrogens with zero attached hydrogens (tertiary/aromatic N) is 4. The summed E-state index contributed by atoms with van der Waals surface area (Å²) in [7, 11) is 1.71. The lowest BCUT2D eigenvalue weighted by Crippen LogP contribution is -2.50. The van der Waals surface area contributed by atoms with Gasteiger partial charge in [-0.2, -0.15) is 0 Å². The van der Waals surface area contributed by atoms with Crippen molar-refractivity contribution in [3.05, 3.63) is 48.7 Å². The Hall–Kier alpha value is -3.17. The van der Waals surface area contributed by atoms with E-state index in [0.29, 0.717) is 63.7 Å². The maximum atomic E-state index is 13.8. The molecule has 1 N–H and O–H groups in total. The molecule has 0 unspecified atom stereocenters. The fourth-order valence-corrected chi connectivity index (χ4v) is 6.42. The number of aromatic nitrogens is 1. The molecular formula is C32H44N4O5. The molecule has 2 aliphatic carbocycles. The van der Waals surface area contributed by atoms with Gasteiger partial charge in [-0.05, 0) is 75.6 Å². The molecule has 0 atom stereocenters. The first-order valence-corrected chi connectivity index (χ1v) is 15.2. The van der Waals surface area contributed by atoms with E-state index in [-0.39, 0.29) is 35.9 Å². The number of pyridine rings is 1. The van der Waals surface area contributed by atoms with Crippen molar-refractivity contribution < 1.29 is 24.2 Å². The van der Waals surface area contributed by atoms with Gasteiger partial charge < -0.3 is 19.5 Å². The number of hydrogen-bond acceptors (Lipinski definition) is 8. The van der Waals surface area contributed by atoms with Gasteiger partial charge in [0, 0.05) is 51.4 Å². The van der Waals surface area contributed by atoms with Crippen LogP contribution in [0.3, 0.4) is 0 Å². The molecular weight excluding hydrogens is 520 g/mol. The molecule has 222 valence electrons. The molecule has 3 aliphatic rings. The van der Waals surface area contributed by atoms with Gasteiger partial charge in [-0.3, -0.25) is 19.4 Å². The number of rotatable bonds is 9. The number of esters is 1. The highest BCUT2D eigenvalue weighted by atomic mass is 16.5. The third kappa shape index (κ3) is 7.57. The molecule has 9 heteroatoms. The SMILES string of the molecule is COc1ccccc1N1CCN(CCN(C(=O)C2CCC(OC(=O)C3CCC(O)CC3)CC2)c2ccccn2)CC1. The Labute approximate surface area is 243 Å². The van der Waals surface area contributed by atoms with Crippen LogP contribution < -0.4 is 14.5 Å². The topological polar surface area (TPSA) is 95.4 Å². The van der Waals surface area contributed by atoms with E-state index in [9.17, 15) is 14.7 Å². The van der Waals surface area contributed by atoms with Crippen molar-refractivity contribution in [3.8, 4) is 5.75 Å². The Morgan fingerprint density at radius 2 is 1.59 bits per heavy atom. The summed E-state index contributed by atoms with van der Waals surface area (Å²) in [4.78, 5) is 37.6. The van der Waals surface area contributed by atoms with Gasteiger partial charge in [0.15, 0.2) is 0 Å². The standard InChI is InChI=1S/C32H44N4O5/c1-40-29-7-3-2-6-28(29)35-21-18-34(19-22-35)20-23-36(30-8-4-5-17-33-30)31(38)24-11-15-27(16-12-24)41-32(39)25-9-13-26(37)14-10-25/h2-8,17,24-27,37H,9-16,18-23H2,1H3. The van der Waals surface area contributed by atoms with Gasteiger partial charge in [0.25, 0.3) is 0 Å². The van der Waals surface area contributed by atoms with Gasteiger partial charge in [0.2, 0.25) is 5.91 Å². The van der Waals surface area contributed by atoms with Crippen LogP contribution in [-0.4, -0.2) is 85.5 Å². The smallest absolute Gasteiger partial charge is 0.309 e. The van der Waals surface area contributed by atoms with Crippen LogP contribution in [0.5, 0.6) is 5.75 Å². The van der Waals surface area contributed by atoms with E-state index in [0.717, 1.165) is 44.2 Å². The quantitative estimate of drug-likeness (QED) is 0.459. The second-order valence-electron chi connectivity index (χ2n) is 11.6. The molecule has 0 bridgehead atoms. The minimum absolute atomic E-state index is 0.0980. The monoisotopic (exact) mass is 564 g/mol. The summed E-state index contributed by atoms with van der Waals surface area (Å²) in [5.74, 6) is 1.37. The van der Waals surface area contributed by atoms with Gasteiger partial charge in [-0.25, -0.2) is 4.98 Å². The van der Waals surface area contributed by atoms with Gasteiger partial charge in [-0.15, -0.1) is 0 Å². The Morgan fingerprint density at radius 3 is 2.27 bits per heavy atom. The first-order valence-electron chi connectivity index (χ1n) is 15.2. The van der Waals surface area contributed by atoms with Crippen molar-refractivity contribution in [2.24, 2.45) is 11.8 Å². The van der Waals surface area contributed by atoms with Crippen molar-refractivity contribution in [1.29, 1.82) is 0 Å². The number of carbonyl (C=O) groups excluding carboxylic acids is 2. The van der Waals surface area contributed by atoms with E-state index < -0.39 is 0 Å². The van der Waals surface area contributed by atoms with Crippen LogP contribution in [0, 0.1) is 11.8 Å². The zero-order valence-electron chi connectivity index (χ0n) is 24.2. The zero-order chi connectivity index (χ0) is 28.6. The maximum Gasteiger partial charge on any atom is 0.309 e. The highest BCUT2D eigenvalue weighted by molar-refractivity contribution is 5.94. The van der Waals surface area contributed by atoms with Crippen molar-refractivity contribution >= 4 is 23.4 Å². The summed E-state index contributed by atoms with van der Waals surface area (Å²) in [6.07, 6.45) is 6.89. The van der Waals surface area contributed by atoms with E-state index in [1.54, 1.807) is 13.3 Å². The predicted octanol–water partition coefficient (Wildman–Crippen LogP) is 3.90. The maximum absolute atomic E-state index is 13.8. The average Bonchev–Trinajstić information content (AvgIpc) is 3.02. The van der Waals surface area contributed by atoms with Crippen LogP contribution in [0.4, 0.5) is 11.5 Å². The number of hydrogen-bond donors (Lipinski definition) is 1. The number of ether oxygens (including phenoxy) is 2. The normalized spacial score (nSPS) is 25.4. The van der Waals surface area contributed by atoms with E-state index >= 15 is 0 Å². The highest BCUT2D eigenvalue weighted by Crippen LogP contribution is 2.32. The average molecular weight is 565 g/mol. The number of aliphatic hydroxyl groups is 1. The van der Waals surface area contributed by atoms with Crippen LogP contribution in [0.25, 0.3) is 0 Å². The van der Waals surface area contributed by atoms with E-state index in [1.165, 1.54) is 0 Å². The van der Waals surface area contributed by atoms with E-state index in [1.807, 2.05) is 41.3 Å². The Bertz CT molecular complexity index is 1120. The highest BCUT2D eigenvalue weighted by Gasteiger charge is 2.34. The molecule has 2 aromatic rings. The van der Waals surface area contributed by atoms with Gasteiger partial charge in [0.1, 0.15) is 17.7 Å². The minimum Gasteiger partial charge on any atom is -0.495 e. The second-order valence-corrected chi connectivity index (χ2v) is 11.6. The molecule has 1 aromatic heterocycles. The zero-order valence-corrected chi connectivity index (χ0v) is 24.2. The number of anilines is 2. The molecule has 2 saturated carbocycles. The number of benzene rings is 1. The molecule has 5 rings (SSSR count). The lowest BCUT2D eigenvalue weighted by Gasteiger charge is -2.38. The summed E-state index contributed by atoms with van der Waals surface area (Å²) in [6, 6.07) is 13.8. The van der Waals surface area contributed by atoms with Crippen LogP contribution in [0.1, 0.15) is 51.4 Å². The van der Waals surface area contributed by atoms with Crippen molar-refractivity contribution in [3.63, 3.8) is 0 Å². The Balaban J connectivity index is 1.12. The lowest BCUT2D eigenvalue weighted by molar-refractivity contribution is -0.157. The first kappa shape index (κ1) is 29.3. The van der Waals surface area contributed by atoms with Crippen LogP contribution >= 0.6 is 0 Å². The number of methoxy groups -OCH3 is 1. The summed E-state index contributed by atoms with van der Waals surface area (Å²) in [6.45, 7) is 5.01. The number of carbonyl (C=O) groups is 2. The summed E-state index contributed by atoms with van der Waals surface area (Å²) < 4.78 is 11.4. The number of aliphatic hydroxyl groups excluding tert-OH is 1. The van der Waals surface area contributed by atoms with Crippen molar-refractivity contribution in [1.82, 2.24) is 9.88 Å². The Morgan fingerprint density at radius 1 is 0.902 bits per heavy atom. The number of amides is 1. The van der Waals surface area contributed by atoms with Crippen LogP contribution in [0.15, 0.2) is 48.7 Å². The molecule has 41 heavy (non-hydrogen) atoms. The molecule has 2 heterocycles. The largest absolute Gasteiger partial charge is 0.495 e. The Kier molecular flexibility index (Phi) is 10.1. The summed E-state index contributed by atoms with van der Waals surface area (Å²) in [5.41, 5.74) is 1.12. The lowest BCUT2D eigenvalue weighted by atomic mass is 9.85. The molecule has 3 fully saturated rings. The molecule has 1 aromatic carbocycles. The van der Waals surface area contributed by atoms with Crippen molar-refractivity contribution in [2.75, 3.05) is 56.2 Å². The third-order valence-corrected chi connectivity index (χ3v) is 8.97. The molecule has 0 spiro atoms. The summed E-state index contributed by atoms with van der Waals surface area (Å²) >= 11 is 0. The first-order chi connectivity index (χ1) is 20.0. The van der Waals surface area contributed by atoms with Crippen molar-refractivity contribution in [2.45, 2.75) is 63.6 Å². The second kappa shape index (κ2) is 14.1.